The fourth-order valence-corrected chi connectivity index (χ4v) is 3.50. The summed E-state index contributed by atoms with van der Waals surface area (Å²) < 4.78 is 5.13. The number of guanidine groups is 1. The van der Waals surface area contributed by atoms with E-state index in [0.29, 0.717) is 30.4 Å². The van der Waals surface area contributed by atoms with Gasteiger partial charge in [-0.2, -0.15) is 0 Å². The zero-order chi connectivity index (χ0) is 19.1. The number of nitrogens with one attached hydrogen (secondary N) is 1. The first kappa shape index (κ1) is 22.2. The Labute approximate surface area is 185 Å². The van der Waals surface area contributed by atoms with E-state index in [1.165, 1.54) is 0 Å². The Hall–Kier alpha value is -2.08. The van der Waals surface area contributed by atoms with Crippen molar-refractivity contribution in [1.82, 2.24) is 15.2 Å². The average Bonchev–Trinajstić information content (AvgIpc) is 3.26. The number of amides is 1. The Bertz CT molecular complexity index is 778. The molecular formula is C18H25IN6O2S. The Morgan fingerprint density at radius 1 is 1.36 bits per heavy atom. The van der Waals surface area contributed by atoms with Crippen LogP contribution in [0, 0.1) is 0 Å². The van der Waals surface area contributed by atoms with Crippen LogP contribution in [-0.2, 0) is 0 Å². The number of aromatic nitrogens is 1. The molecule has 1 fully saturated rings. The number of benzene rings is 1. The van der Waals surface area contributed by atoms with Crippen LogP contribution in [0.15, 0.2) is 40.8 Å². The van der Waals surface area contributed by atoms with Crippen LogP contribution in [0.25, 0.3) is 0 Å². The van der Waals surface area contributed by atoms with Crippen molar-refractivity contribution in [3.63, 3.8) is 0 Å². The number of rotatable bonds is 6. The number of nitrogens with two attached hydrogens (primary N) is 1. The fraction of sp³-hybridized carbons (Fsp3) is 0.389. The van der Waals surface area contributed by atoms with Gasteiger partial charge < -0.3 is 25.6 Å². The zero-order valence-electron chi connectivity index (χ0n) is 15.7. The number of halogens is 1. The first-order valence-corrected chi connectivity index (χ1v) is 9.67. The predicted octanol–water partition coefficient (Wildman–Crippen LogP) is 1.64. The van der Waals surface area contributed by atoms with Gasteiger partial charge in [-0.1, -0.05) is 6.07 Å². The van der Waals surface area contributed by atoms with Gasteiger partial charge in [-0.3, -0.25) is 9.79 Å². The van der Waals surface area contributed by atoms with Crippen molar-refractivity contribution >= 4 is 52.3 Å². The van der Waals surface area contributed by atoms with E-state index in [2.05, 4.69) is 25.1 Å². The molecular weight excluding hydrogens is 491 g/mol. The van der Waals surface area contributed by atoms with Gasteiger partial charge in [0.2, 0.25) is 0 Å². The largest absolute Gasteiger partial charge is 0.497 e. The van der Waals surface area contributed by atoms with E-state index in [-0.39, 0.29) is 29.9 Å². The van der Waals surface area contributed by atoms with Crippen molar-refractivity contribution in [3.8, 4) is 5.75 Å². The lowest BCUT2D eigenvalue weighted by molar-refractivity contribution is 0.0954. The summed E-state index contributed by atoms with van der Waals surface area (Å²) in [5, 5.41) is 5.87. The molecule has 0 unspecified atom stereocenters. The number of anilines is 1. The fourth-order valence-electron chi connectivity index (χ4n) is 2.81. The molecule has 0 atom stereocenters. The van der Waals surface area contributed by atoms with Gasteiger partial charge in [0.25, 0.3) is 5.91 Å². The van der Waals surface area contributed by atoms with Crippen LogP contribution in [0.1, 0.15) is 10.4 Å². The third-order valence-electron chi connectivity index (χ3n) is 4.30. The van der Waals surface area contributed by atoms with Crippen LogP contribution < -0.4 is 20.7 Å². The maximum atomic E-state index is 12.1. The summed E-state index contributed by atoms with van der Waals surface area (Å²) in [6.07, 6.45) is 1.82. The molecule has 1 aliphatic heterocycles. The van der Waals surface area contributed by atoms with Crippen LogP contribution in [-0.4, -0.2) is 68.1 Å². The number of nitrogens with zero attached hydrogens (tertiary/aromatic N) is 4. The molecule has 1 aromatic heterocycles. The van der Waals surface area contributed by atoms with Crippen molar-refractivity contribution in [2.45, 2.75) is 0 Å². The summed E-state index contributed by atoms with van der Waals surface area (Å²) >= 11 is 1.65. The number of carbonyl (C=O) groups excluding carboxylic acids is 1. The summed E-state index contributed by atoms with van der Waals surface area (Å²) in [5.74, 6) is 1.02. The number of thiazole rings is 1. The normalized spacial score (nSPS) is 14.4. The molecule has 0 aliphatic carbocycles. The van der Waals surface area contributed by atoms with E-state index in [1.807, 2.05) is 11.6 Å². The lowest BCUT2D eigenvalue weighted by Crippen LogP contribution is -2.51. The van der Waals surface area contributed by atoms with Crippen LogP contribution in [0.3, 0.4) is 0 Å². The molecule has 152 valence electrons. The third-order valence-corrected chi connectivity index (χ3v) is 5.13. The molecule has 1 aliphatic rings. The molecule has 8 nitrogen and oxygen atoms in total. The Kier molecular flexibility index (Phi) is 8.77. The smallest absolute Gasteiger partial charge is 0.251 e. The van der Waals surface area contributed by atoms with Crippen molar-refractivity contribution in [1.29, 1.82) is 0 Å². The molecule has 0 spiro atoms. The Balaban J connectivity index is 0.00000280. The highest BCUT2D eigenvalue weighted by atomic mass is 127. The second-order valence-electron chi connectivity index (χ2n) is 6.02. The maximum absolute atomic E-state index is 12.1. The van der Waals surface area contributed by atoms with E-state index in [4.69, 9.17) is 10.5 Å². The summed E-state index contributed by atoms with van der Waals surface area (Å²) in [7, 11) is 1.57. The Morgan fingerprint density at radius 2 is 2.14 bits per heavy atom. The van der Waals surface area contributed by atoms with Crippen molar-refractivity contribution in [2.24, 2.45) is 10.7 Å². The quantitative estimate of drug-likeness (QED) is 0.262. The summed E-state index contributed by atoms with van der Waals surface area (Å²) in [6.45, 7) is 4.23. The minimum Gasteiger partial charge on any atom is -0.497 e. The standard InChI is InChI=1S/C18H24N6O2S.HI/c1-26-15-4-2-3-14(13-15)16(25)20-5-6-21-17(19)23-8-10-24(11-9-23)18-22-7-12-27-18;/h2-4,7,12-13H,5-6,8-11H2,1H3,(H2,19,21)(H,20,25);1H. The van der Waals surface area contributed by atoms with Crippen LogP contribution in [0.5, 0.6) is 5.75 Å². The molecule has 28 heavy (non-hydrogen) atoms. The Morgan fingerprint density at radius 3 is 2.82 bits per heavy atom. The summed E-state index contributed by atoms with van der Waals surface area (Å²) in [6, 6.07) is 7.04. The minimum atomic E-state index is -0.153. The van der Waals surface area contributed by atoms with Crippen molar-refractivity contribution in [2.75, 3.05) is 51.3 Å². The van der Waals surface area contributed by atoms with Crippen molar-refractivity contribution in [3.05, 3.63) is 41.4 Å². The number of ether oxygens (including phenoxy) is 1. The number of methoxy groups -OCH3 is 1. The maximum Gasteiger partial charge on any atom is 0.251 e. The topological polar surface area (TPSA) is 96.1 Å². The molecule has 0 saturated carbocycles. The SMILES string of the molecule is COc1cccc(C(=O)NCCN=C(N)N2CCN(c3nccs3)CC2)c1.I. The molecule has 10 heteroatoms. The van der Waals surface area contributed by atoms with Gasteiger partial charge in [-0.15, -0.1) is 35.3 Å². The van der Waals surface area contributed by atoms with E-state index in [9.17, 15) is 4.79 Å². The molecule has 1 saturated heterocycles. The van der Waals surface area contributed by atoms with Gasteiger partial charge in [-0.25, -0.2) is 4.98 Å². The van der Waals surface area contributed by atoms with Crippen LogP contribution in [0.2, 0.25) is 0 Å². The van der Waals surface area contributed by atoms with E-state index in [0.717, 1.165) is 31.3 Å². The lowest BCUT2D eigenvalue weighted by Gasteiger charge is -2.35. The van der Waals surface area contributed by atoms with E-state index >= 15 is 0 Å². The van der Waals surface area contributed by atoms with Crippen LogP contribution >= 0.6 is 35.3 Å². The number of piperazine rings is 1. The second kappa shape index (κ2) is 11.1. The summed E-state index contributed by atoms with van der Waals surface area (Å²) in [5.41, 5.74) is 6.65. The van der Waals surface area contributed by atoms with Gasteiger partial charge >= 0.3 is 0 Å². The first-order chi connectivity index (χ1) is 13.2. The number of aliphatic imine (C=N–C) groups is 1. The lowest BCUT2D eigenvalue weighted by atomic mass is 10.2. The first-order valence-electron chi connectivity index (χ1n) is 8.79. The number of hydrogen-bond donors (Lipinski definition) is 2. The highest BCUT2D eigenvalue weighted by Crippen LogP contribution is 2.18. The van der Waals surface area contributed by atoms with Gasteiger partial charge in [0.15, 0.2) is 11.1 Å². The highest BCUT2D eigenvalue weighted by Gasteiger charge is 2.19. The molecule has 2 aromatic rings. The predicted molar refractivity (Wildman–Crippen MR) is 123 cm³/mol. The van der Waals surface area contributed by atoms with Gasteiger partial charge in [0.1, 0.15) is 5.75 Å². The van der Waals surface area contributed by atoms with Crippen LogP contribution in [0.4, 0.5) is 5.13 Å². The number of carbonyl (C=O) groups is 1. The molecule has 1 amide bonds. The van der Waals surface area contributed by atoms with E-state index < -0.39 is 0 Å². The van der Waals surface area contributed by atoms with Gasteiger partial charge in [0.05, 0.1) is 13.7 Å². The van der Waals surface area contributed by atoms with E-state index in [1.54, 1.807) is 42.7 Å². The number of hydrogen-bond acceptors (Lipinski definition) is 6. The summed E-state index contributed by atoms with van der Waals surface area (Å²) in [4.78, 5) is 25.2. The van der Waals surface area contributed by atoms with Crippen molar-refractivity contribution < 1.29 is 9.53 Å². The molecule has 3 rings (SSSR count). The molecule has 0 bridgehead atoms. The minimum absolute atomic E-state index is 0. The van der Waals surface area contributed by atoms with Gasteiger partial charge in [-0.05, 0) is 18.2 Å². The second-order valence-corrected chi connectivity index (χ2v) is 6.89. The molecule has 3 N–H and O–H groups in total. The molecule has 2 heterocycles. The average molecular weight is 516 g/mol. The zero-order valence-corrected chi connectivity index (χ0v) is 18.9. The molecule has 1 aromatic carbocycles. The highest BCUT2D eigenvalue weighted by molar-refractivity contribution is 14.0. The van der Waals surface area contributed by atoms with Gasteiger partial charge in [0, 0.05) is 49.9 Å². The monoisotopic (exact) mass is 516 g/mol. The third kappa shape index (κ3) is 5.96. The molecule has 0 radical (unpaired) electrons.